The minimum atomic E-state index is -0.132. The third-order valence-corrected chi connectivity index (χ3v) is 4.96. The average molecular weight is 315 g/mol. The number of thiophene rings is 1. The van der Waals surface area contributed by atoms with E-state index in [1.807, 2.05) is 0 Å². The quantitative estimate of drug-likeness (QED) is 0.932. The fourth-order valence-electron chi connectivity index (χ4n) is 2.62. The molecule has 1 heterocycles. The van der Waals surface area contributed by atoms with Gasteiger partial charge in [-0.2, -0.15) is 0 Å². The molecule has 0 aliphatic heterocycles. The van der Waals surface area contributed by atoms with E-state index in [0.29, 0.717) is 16.3 Å². The highest BCUT2D eigenvalue weighted by atomic mass is 35.5. The van der Waals surface area contributed by atoms with Crippen LogP contribution in [0.4, 0.5) is 0 Å². The molecule has 0 saturated heterocycles. The Bertz CT molecular complexity index is 501. The van der Waals surface area contributed by atoms with Crippen molar-refractivity contribution >= 4 is 34.8 Å². The average Bonchev–Trinajstić information content (AvgIpc) is 2.84. The normalized spacial score (nSPS) is 22.4. The molecule has 1 aromatic heterocycles. The molecule has 1 aromatic rings. The van der Waals surface area contributed by atoms with Gasteiger partial charge in [0, 0.05) is 26.1 Å². The molecule has 0 spiro atoms. The third-order valence-electron chi connectivity index (χ3n) is 3.62. The van der Waals surface area contributed by atoms with Crippen molar-refractivity contribution in [1.29, 1.82) is 0 Å². The smallest absolute Gasteiger partial charge is 0.263 e. The lowest BCUT2D eigenvalue weighted by atomic mass is 9.85. The van der Waals surface area contributed by atoms with Crippen molar-refractivity contribution in [2.24, 2.45) is 5.92 Å². The minimum absolute atomic E-state index is 0.0165. The van der Waals surface area contributed by atoms with Gasteiger partial charge in [0.15, 0.2) is 0 Å². The summed E-state index contributed by atoms with van der Waals surface area (Å²) in [6, 6.07) is 1.78. The van der Waals surface area contributed by atoms with Gasteiger partial charge in [-0.3, -0.25) is 9.59 Å². The molecule has 1 saturated carbocycles. The second-order valence-electron chi connectivity index (χ2n) is 5.36. The number of nitrogens with one attached hydrogen (secondary N) is 1. The Kier molecular flexibility index (Phi) is 5.05. The topological polar surface area (TPSA) is 49.4 Å². The Morgan fingerprint density at radius 2 is 2.15 bits per heavy atom. The van der Waals surface area contributed by atoms with Gasteiger partial charge < -0.3 is 10.2 Å². The molecule has 20 heavy (non-hydrogen) atoms. The molecule has 6 heteroatoms. The van der Waals surface area contributed by atoms with Gasteiger partial charge >= 0.3 is 0 Å². The molecule has 4 nitrogen and oxygen atoms in total. The first-order chi connectivity index (χ1) is 9.49. The van der Waals surface area contributed by atoms with Crippen LogP contribution in [0.15, 0.2) is 11.4 Å². The molecule has 0 bridgehead atoms. The van der Waals surface area contributed by atoms with Crippen LogP contribution >= 0.6 is 22.9 Å². The van der Waals surface area contributed by atoms with E-state index in [4.69, 9.17) is 11.6 Å². The van der Waals surface area contributed by atoms with Crippen LogP contribution in [-0.2, 0) is 4.79 Å². The predicted molar refractivity (Wildman–Crippen MR) is 81.2 cm³/mol. The molecular weight excluding hydrogens is 296 g/mol. The Morgan fingerprint density at radius 1 is 1.40 bits per heavy atom. The lowest BCUT2D eigenvalue weighted by Gasteiger charge is -2.30. The number of hydrogen-bond donors (Lipinski definition) is 1. The van der Waals surface area contributed by atoms with Gasteiger partial charge in [0.05, 0.1) is 5.02 Å². The van der Waals surface area contributed by atoms with E-state index in [2.05, 4.69) is 5.32 Å². The maximum Gasteiger partial charge on any atom is 0.263 e. The van der Waals surface area contributed by atoms with Crippen molar-refractivity contribution in [1.82, 2.24) is 10.2 Å². The summed E-state index contributed by atoms with van der Waals surface area (Å²) in [7, 11) is 3.55. The van der Waals surface area contributed by atoms with Crippen molar-refractivity contribution in [2.75, 3.05) is 14.1 Å². The summed E-state index contributed by atoms with van der Waals surface area (Å²) in [6.07, 6.45) is 3.51. The highest BCUT2D eigenvalue weighted by Crippen LogP contribution is 2.27. The summed E-state index contributed by atoms with van der Waals surface area (Å²) in [5, 5.41) is 5.29. The first kappa shape index (κ1) is 15.3. The Morgan fingerprint density at radius 3 is 2.75 bits per heavy atom. The number of amides is 2. The van der Waals surface area contributed by atoms with Gasteiger partial charge in [0.2, 0.25) is 5.91 Å². The highest BCUT2D eigenvalue weighted by molar-refractivity contribution is 7.12. The molecule has 110 valence electrons. The number of nitrogens with zero attached hydrogens (tertiary/aromatic N) is 1. The van der Waals surface area contributed by atoms with Crippen LogP contribution in [0.1, 0.15) is 35.4 Å². The lowest BCUT2D eigenvalue weighted by molar-refractivity contribution is -0.134. The zero-order valence-electron chi connectivity index (χ0n) is 11.7. The fourth-order valence-corrected chi connectivity index (χ4v) is 3.66. The molecule has 0 aromatic carbocycles. The molecule has 2 rings (SSSR count). The van der Waals surface area contributed by atoms with E-state index in [1.54, 1.807) is 30.4 Å². The molecule has 0 unspecified atom stereocenters. The van der Waals surface area contributed by atoms with Crippen molar-refractivity contribution in [3.8, 4) is 0 Å². The van der Waals surface area contributed by atoms with Crippen molar-refractivity contribution in [3.63, 3.8) is 0 Å². The van der Waals surface area contributed by atoms with Crippen LogP contribution in [0.5, 0.6) is 0 Å². The highest BCUT2D eigenvalue weighted by Gasteiger charge is 2.29. The van der Waals surface area contributed by atoms with Crippen LogP contribution < -0.4 is 5.32 Å². The molecule has 1 aliphatic carbocycles. The Hall–Kier alpha value is -1.07. The van der Waals surface area contributed by atoms with E-state index in [0.717, 1.165) is 19.3 Å². The summed E-state index contributed by atoms with van der Waals surface area (Å²) in [5.74, 6) is 0.0360. The summed E-state index contributed by atoms with van der Waals surface area (Å²) in [5.41, 5.74) is 0. The van der Waals surface area contributed by atoms with Crippen molar-refractivity contribution < 1.29 is 9.59 Å². The standard InChI is InChI=1S/C14H19ClN2O2S/c1-17(2)14(19)9-4-3-5-10(8-9)16-13(18)12-11(15)6-7-20-12/h6-7,9-10H,3-5,8H2,1-2H3,(H,16,18)/t9-,10+/m0/s1. The maximum absolute atomic E-state index is 12.1. The second-order valence-corrected chi connectivity index (χ2v) is 6.69. The van der Waals surface area contributed by atoms with Gasteiger partial charge in [-0.15, -0.1) is 11.3 Å². The van der Waals surface area contributed by atoms with Gasteiger partial charge in [-0.1, -0.05) is 18.0 Å². The zero-order valence-corrected chi connectivity index (χ0v) is 13.3. The summed E-state index contributed by atoms with van der Waals surface area (Å²) in [4.78, 5) is 26.3. The summed E-state index contributed by atoms with van der Waals surface area (Å²) >= 11 is 7.30. The summed E-state index contributed by atoms with van der Waals surface area (Å²) < 4.78 is 0. The number of hydrogen-bond acceptors (Lipinski definition) is 3. The van der Waals surface area contributed by atoms with Crippen molar-refractivity contribution in [2.45, 2.75) is 31.7 Å². The fraction of sp³-hybridized carbons (Fsp3) is 0.571. The molecule has 0 radical (unpaired) electrons. The Labute approximate surface area is 128 Å². The third kappa shape index (κ3) is 3.52. The molecule has 1 N–H and O–H groups in total. The predicted octanol–water partition coefficient (Wildman–Crippen LogP) is 2.78. The van der Waals surface area contributed by atoms with E-state index in [9.17, 15) is 9.59 Å². The van der Waals surface area contributed by atoms with E-state index in [1.165, 1.54) is 11.3 Å². The minimum Gasteiger partial charge on any atom is -0.349 e. The first-order valence-corrected chi connectivity index (χ1v) is 8.00. The number of rotatable bonds is 3. The van der Waals surface area contributed by atoms with Crippen LogP contribution in [0.2, 0.25) is 5.02 Å². The van der Waals surface area contributed by atoms with E-state index >= 15 is 0 Å². The van der Waals surface area contributed by atoms with E-state index < -0.39 is 0 Å². The van der Waals surface area contributed by atoms with Gasteiger partial charge in [0.1, 0.15) is 4.88 Å². The number of carbonyl (C=O) groups excluding carboxylic acids is 2. The molecular formula is C14H19ClN2O2S. The first-order valence-electron chi connectivity index (χ1n) is 6.74. The number of carbonyl (C=O) groups is 2. The zero-order chi connectivity index (χ0) is 14.7. The van der Waals surface area contributed by atoms with Crippen LogP contribution in [0, 0.1) is 5.92 Å². The second kappa shape index (κ2) is 6.59. The molecule has 2 amide bonds. The Balaban J connectivity index is 1.95. The van der Waals surface area contributed by atoms with Gasteiger partial charge in [0.25, 0.3) is 5.91 Å². The maximum atomic E-state index is 12.1. The summed E-state index contributed by atoms with van der Waals surface area (Å²) in [6.45, 7) is 0. The monoisotopic (exact) mass is 314 g/mol. The van der Waals surface area contributed by atoms with Crippen molar-refractivity contribution in [3.05, 3.63) is 21.3 Å². The molecule has 1 aliphatic rings. The van der Waals surface area contributed by atoms with Crippen LogP contribution in [0.3, 0.4) is 0 Å². The largest absolute Gasteiger partial charge is 0.349 e. The van der Waals surface area contributed by atoms with E-state index in [-0.39, 0.29) is 23.8 Å². The molecule has 1 fully saturated rings. The van der Waals surface area contributed by atoms with Gasteiger partial charge in [-0.25, -0.2) is 0 Å². The van der Waals surface area contributed by atoms with Gasteiger partial charge in [-0.05, 0) is 30.7 Å². The van der Waals surface area contributed by atoms with Crippen LogP contribution in [0.25, 0.3) is 0 Å². The van der Waals surface area contributed by atoms with Crippen LogP contribution in [-0.4, -0.2) is 36.9 Å². The molecule has 2 atom stereocenters. The lowest BCUT2D eigenvalue weighted by Crippen LogP contribution is -2.42. The SMILES string of the molecule is CN(C)C(=O)[C@H]1CCC[C@@H](NC(=O)c2sccc2Cl)C1. The number of halogens is 1.